The summed E-state index contributed by atoms with van der Waals surface area (Å²) in [4.78, 5) is 12.4. The smallest absolute Gasteiger partial charge is 0.308 e. The zero-order chi connectivity index (χ0) is 24.6. The van der Waals surface area contributed by atoms with E-state index in [1.165, 1.54) is 83.5 Å². The molecule has 0 amide bonds. The summed E-state index contributed by atoms with van der Waals surface area (Å²) in [7, 11) is 0. The Morgan fingerprint density at radius 3 is 1.88 bits per heavy atom. The highest BCUT2D eigenvalue weighted by Crippen LogP contribution is 2.13. The fourth-order valence-electron chi connectivity index (χ4n) is 3.71. The van der Waals surface area contributed by atoms with Crippen LogP contribution in [0.3, 0.4) is 0 Å². The van der Waals surface area contributed by atoms with Gasteiger partial charge in [-0.1, -0.05) is 132 Å². The first-order valence-electron chi connectivity index (χ1n) is 13.4. The Bertz CT molecular complexity index is 502. The molecule has 0 aliphatic heterocycles. The van der Waals surface area contributed by atoms with Gasteiger partial charge >= 0.3 is 5.97 Å². The highest BCUT2D eigenvalue weighted by atomic mass is 79.9. The topological polar surface area (TPSA) is 58.6 Å². The molecule has 1 unspecified atom stereocenters. The van der Waals surface area contributed by atoms with Crippen LogP contribution in [0.15, 0.2) is 12.2 Å². The van der Waals surface area contributed by atoms with E-state index in [1.807, 2.05) is 0 Å². The van der Waals surface area contributed by atoms with Crippen molar-refractivity contribution >= 4 is 39.1 Å². The normalized spacial score (nSPS) is 11.8. The molecule has 194 valence electrons. The number of hydrogen-bond acceptors (Lipinski definition) is 4. The van der Waals surface area contributed by atoms with Crippen LogP contribution in [0.2, 0.25) is 0 Å². The van der Waals surface area contributed by atoms with Crippen molar-refractivity contribution in [2.75, 3.05) is 11.9 Å². The van der Waals surface area contributed by atoms with Crippen molar-refractivity contribution in [3.63, 3.8) is 0 Å². The quantitative estimate of drug-likeness (QED) is 0.0318. The van der Waals surface area contributed by atoms with Crippen molar-refractivity contribution in [1.29, 1.82) is 0 Å². The molecular formula is C27H50BrNO3S. The van der Waals surface area contributed by atoms with Crippen molar-refractivity contribution in [3.8, 4) is 0 Å². The first-order chi connectivity index (χ1) is 16.0. The second-order valence-corrected chi connectivity index (χ2v) is 10.4. The molecule has 6 heteroatoms. The van der Waals surface area contributed by atoms with Gasteiger partial charge < -0.3 is 15.2 Å². The van der Waals surface area contributed by atoms with Crippen molar-refractivity contribution in [2.45, 2.75) is 135 Å². The van der Waals surface area contributed by atoms with Crippen molar-refractivity contribution in [1.82, 2.24) is 5.32 Å². The van der Waals surface area contributed by atoms with E-state index < -0.39 is 6.29 Å². The molecule has 1 atom stereocenters. The second-order valence-electron chi connectivity index (χ2n) is 9.12. The number of carbonyl (C=O) groups is 1. The van der Waals surface area contributed by atoms with E-state index in [4.69, 9.17) is 17.0 Å². The molecule has 0 aromatic carbocycles. The second kappa shape index (κ2) is 24.7. The maximum atomic E-state index is 11.8. The predicted molar refractivity (Wildman–Crippen MR) is 149 cm³/mol. The van der Waals surface area contributed by atoms with Gasteiger partial charge in [0.1, 0.15) is 0 Å². The summed E-state index contributed by atoms with van der Waals surface area (Å²) < 4.78 is 5.04. The number of aliphatic hydroxyl groups excluding tert-OH is 1. The Balaban J connectivity index is 3.52. The summed E-state index contributed by atoms with van der Waals surface area (Å²) in [6.07, 6.45) is 21.0. The molecule has 0 fully saturated rings. The van der Waals surface area contributed by atoms with Crippen LogP contribution in [-0.4, -0.2) is 34.2 Å². The first kappa shape index (κ1) is 32.5. The number of alkyl halides is 1. The number of ether oxygens (including phenoxy) is 1. The standard InChI is InChI=1S/C27H50BrNO3S/c1-3-4-5-6-7-8-9-10-11-12-13-14-15-19-22-29-25(33)23-24(2)27(31)32-26(30)20-17-16-18-21-28/h27,31H,2-23H2,1H3,(H,29,33). The largest absolute Gasteiger partial charge is 0.432 e. The number of thiocarbonyl (C=S) groups is 1. The molecule has 0 saturated carbocycles. The highest BCUT2D eigenvalue weighted by Gasteiger charge is 2.15. The van der Waals surface area contributed by atoms with E-state index in [0.29, 0.717) is 23.4 Å². The molecule has 0 aromatic rings. The van der Waals surface area contributed by atoms with Crippen LogP contribution in [0.25, 0.3) is 0 Å². The monoisotopic (exact) mass is 547 g/mol. The third kappa shape index (κ3) is 23.1. The van der Waals surface area contributed by atoms with Gasteiger partial charge in [0.2, 0.25) is 6.29 Å². The minimum Gasteiger partial charge on any atom is -0.432 e. The SMILES string of the molecule is C=C(CC(=S)NCCCCCCCCCCCCCCCC)C(O)OC(=O)CCCCCBr. The number of halogens is 1. The molecule has 33 heavy (non-hydrogen) atoms. The molecule has 0 spiro atoms. The summed E-state index contributed by atoms with van der Waals surface area (Å²) in [5.74, 6) is -0.389. The van der Waals surface area contributed by atoms with Gasteiger partial charge in [-0.15, -0.1) is 0 Å². The molecule has 0 saturated heterocycles. The average molecular weight is 549 g/mol. The van der Waals surface area contributed by atoms with Crippen LogP contribution in [-0.2, 0) is 9.53 Å². The Morgan fingerprint density at radius 2 is 1.36 bits per heavy atom. The maximum Gasteiger partial charge on any atom is 0.308 e. The summed E-state index contributed by atoms with van der Waals surface area (Å²) in [5, 5.41) is 14.2. The lowest BCUT2D eigenvalue weighted by atomic mass is 10.0. The molecule has 0 heterocycles. The number of rotatable bonds is 24. The summed E-state index contributed by atoms with van der Waals surface area (Å²) in [5.41, 5.74) is 0.419. The number of esters is 1. The van der Waals surface area contributed by atoms with Crippen LogP contribution >= 0.6 is 28.1 Å². The molecule has 0 rings (SSSR count). The minimum absolute atomic E-state index is 0.319. The van der Waals surface area contributed by atoms with Gasteiger partial charge in [0.15, 0.2) is 0 Å². The molecule has 0 aliphatic carbocycles. The maximum absolute atomic E-state index is 11.8. The Kier molecular flexibility index (Phi) is 24.3. The summed E-state index contributed by atoms with van der Waals surface area (Å²) in [6.45, 7) is 6.93. The molecule has 2 N–H and O–H groups in total. The minimum atomic E-state index is -1.28. The lowest BCUT2D eigenvalue weighted by molar-refractivity contribution is -0.162. The van der Waals surface area contributed by atoms with Crippen LogP contribution < -0.4 is 5.32 Å². The Labute approximate surface area is 217 Å². The lowest BCUT2D eigenvalue weighted by Gasteiger charge is -2.16. The number of nitrogens with one attached hydrogen (secondary N) is 1. The van der Waals surface area contributed by atoms with Gasteiger partial charge in [0, 0.05) is 24.7 Å². The Morgan fingerprint density at radius 1 is 0.879 bits per heavy atom. The molecule has 0 aliphatic rings. The van der Waals surface area contributed by atoms with E-state index in [9.17, 15) is 9.90 Å². The molecule has 0 bridgehead atoms. The van der Waals surface area contributed by atoms with Gasteiger partial charge in [-0.3, -0.25) is 4.79 Å². The molecule has 4 nitrogen and oxygen atoms in total. The van der Waals surface area contributed by atoms with Crippen LogP contribution in [0.5, 0.6) is 0 Å². The zero-order valence-corrected chi connectivity index (χ0v) is 23.6. The van der Waals surface area contributed by atoms with Crippen molar-refractivity contribution in [2.24, 2.45) is 0 Å². The van der Waals surface area contributed by atoms with Crippen molar-refractivity contribution < 1.29 is 14.6 Å². The molecule has 0 aromatic heterocycles. The summed E-state index contributed by atoms with van der Waals surface area (Å²) >= 11 is 8.70. The first-order valence-corrected chi connectivity index (χ1v) is 14.9. The van der Waals surface area contributed by atoms with E-state index in [-0.39, 0.29) is 5.97 Å². The van der Waals surface area contributed by atoms with E-state index >= 15 is 0 Å². The zero-order valence-electron chi connectivity index (χ0n) is 21.2. The van der Waals surface area contributed by atoms with Gasteiger partial charge in [0.05, 0.1) is 4.99 Å². The fourth-order valence-corrected chi connectivity index (χ4v) is 4.39. The van der Waals surface area contributed by atoms with Gasteiger partial charge in [-0.2, -0.15) is 0 Å². The van der Waals surface area contributed by atoms with E-state index in [0.717, 1.165) is 37.6 Å². The number of hydrogen-bond donors (Lipinski definition) is 2. The lowest BCUT2D eigenvalue weighted by Crippen LogP contribution is -2.26. The van der Waals surface area contributed by atoms with Crippen LogP contribution in [0, 0.1) is 0 Å². The highest BCUT2D eigenvalue weighted by molar-refractivity contribution is 9.09. The van der Waals surface area contributed by atoms with Gasteiger partial charge in [0.25, 0.3) is 0 Å². The number of carbonyl (C=O) groups excluding carboxylic acids is 1. The van der Waals surface area contributed by atoms with Crippen LogP contribution in [0.1, 0.15) is 129 Å². The number of aliphatic hydroxyl groups is 1. The van der Waals surface area contributed by atoms with E-state index in [2.05, 4.69) is 34.7 Å². The van der Waals surface area contributed by atoms with Crippen LogP contribution in [0.4, 0.5) is 0 Å². The fraction of sp³-hybridized carbons (Fsp3) is 0.852. The third-order valence-electron chi connectivity index (χ3n) is 5.85. The van der Waals surface area contributed by atoms with Gasteiger partial charge in [-0.25, -0.2) is 0 Å². The molecular weight excluding hydrogens is 498 g/mol. The average Bonchev–Trinajstić information content (AvgIpc) is 2.79. The third-order valence-corrected chi connectivity index (χ3v) is 6.70. The predicted octanol–water partition coefficient (Wildman–Crippen LogP) is 8.15. The van der Waals surface area contributed by atoms with Crippen molar-refractivity contribution in [3.05, 3.63) is 12.2 Å². The number of unbranched alkanes of at least 4 members (excludes halogenated alkanes) is 15. The molecule has 0 radical (unpaired) electrons. The van der Waals surface area contributed by atoms with Gasteiger partial charge in [-0.05, 0) is 24.8 Å². The summed E-state index contributed by atoms with van der Waals surface area (Å²) in [6, 6.07) is 0. The Hall–Kier alpha value is -0.460. The van der Waals surface area contributed by atoms with E-state index in [1.54, 1.807) is 0 Å².